The third-order valence-electron chi connectivity index (χ3n) is 3.07. The van der Waals surface area contributed by atoms with Crippen LogP contribution in [0.25, 0.3) is 0 Å². The number of rotatable bonds is 6. The van der Waals surface area contributed by atoms with Crippen LogP contribution in [-0.2, 0) is 13.1 Å². The van der Waals surface area contributed by atoms with E-state index in [4.69, 9.17) is 4.74 Å². The van der Waals surface area contributed by atoms with Gasteiger partial charge in [0.05, 0.1) is 12.4 Å². The molecule has 2 aromatic heterocycles. The Labute approximate surface area is 120 Å². The zero-order valence-corrected chi connectivity index (χ0v) is 12.6. The molecule has 0 radical (unpaired) electrons. The van der Waals surface area contributed by atoms with Crippen LogP contribution in [0.5, 0.6) is 11.6 Å². The first-order chi connectivity index (χ1) is 9.63. The Morgan fingerprint density at radius 3 is 2.85 bits per heavy atom. The van der Waals surface area contributed by atoms with E-state index in [1.807, 2.05) is 24.9 Å². The summed E-state index contributed by atoms with van der Waals surface area (Å²) in [6, 6.07) is 2.07. The lowest BCUT2D eigenvalue weighted by molar-refractivity contribution is 0.450. The Balaban J connectivity index is 2.26. The summed E-state index contributed by atoms with van der Waals surface area (Å²) in [6.07, 6.45) is 4.69. The van der Waals surface area contributed by atoms with Gasteiger partial charge in [-0.3, -0.25) is 4.68 Å². The van der Waals surface area contributed by atoms with Gasteiger partial charge in [0.25, 0.3) is 0 Å². The van der Waals surface area contributed by atoms with Crippen molar-refractivity contribution in [2.24, 2.45) is 0 Å². The van der Waals surface area contributed by atoms with E-state index in [0.29, 0.717) is 5.88 Å². The van der Waals surface area contributed by atoms with E-state index in [-0.39, 0.29) is 0 Å². The quantitative estimate of drug-likeness (QED) is 0.880. The number of nitrogens with one attached hydrogen (secondary N) is 1. The van der Waals surface area contributed by atoms with Crippen molar-refractivity contribution >= 4 is 0 Å². The Morgan fingerprint density at radius 1 is 1.35 bits per heavy atom. The normalized spacial score (nSPS) is 10.8. The van der Waals surface area contributed by atoms with Gasteiger partial charge in [0.15, 0.2) is 5.75 Å². The first-order valence-corrected chi connectivity index (χ1v) is 6.96. The second-order valence-corrected chi connectivity index (χ2v) is 4.94. The van der Waals surface area contributed by atoms with Gasteiger partial charge < -0.3 is 10.1 Å². The second kappa shape index (κ2) is 6.52. The van der Waals surface area contributed by atoms with Crippen molar-refractivity contribution in [1.82, 2.24) is 20.1 Å². The van der Waals surface area contributed by atoms with Crippen LogP contribution in [0, 0.1) is 13.8 Å². The van der Waals surface area contributed by atoms with Crippen LogP contribution < -0.4 is 10.1 Å². The smallest absolute Gasteiger partial charge is 0.224 e. The molecule has 108 valence electrons. The Morgan fingerprint density at radius 2 is 2.15 bits per heavy atom. The summed E-state index contributed by atoms with van der Waals surface area (Å²) >= 11 is 0. The summed E-state index contributed by atoms with van der Waals surface area (Å²) in [5, 5.41) is 7.43. The molecule has 1 N–H and O–H groups in total. The van der Waals surface area contributed by atoms with E-state index in [1.165, 1.54) is 5.56 Å². The summed E-state index contributed by atoms with van der Waals surface area (Å²) in [6.45, 7) is 7.81. The molecular formula is C15H22N4O. The van der Waals surface area contributed by atoms with E-state index in [2.05, 4.69) is 35.3 Å². The lowest BCUT2D eigenvalue weighted by Crippen LogP contribution is -2.09. The molecule has 2 aromatic rings. The van der Waals surface area contributed by atoms with Crippen LogP contribution in [0.4, 0.5) is 0 Å². The van der Waals surface area contributed by atoms with Gasteiger partial charge >= 0.3 is 0 Å². The highest BCUT2D eigenvalue weighted by atomic mass is 16.5. The maximum Gasteiger partial charge on any atom is 0.224 e. The molecule has 0 saturated heterocycles. The summed E-state index contributed by atoms with van der Waals surface area (Å²) in [7, 11) is 1.92. The zero-order chi connectivity index (χ0) is 14.5. The van der Waals surface area contributed by atoms with Gasteiger partial charge in [-0.05, 0) is 38.9 Å². The average Bonchev–Trinajstić information content (AvgIpc) is 2.81. The van der Waals surface area contributed by atoms with E-state index in [9.17, 15) is 0 Å². The second-order valence-electron chi connectivity index (χ2n) is 4.94. The summed E-state index contributed by atoms with van der Waals surface area (Å²) in [5.74, 6) is 1.39. The third kappa shape index (κ3) is 3.36. The minimum Gasteiger partial charge on any atom is -0.435 e. The molecule has 0 atom stereocenters. The average molecular weight is 274 g/mol. The number of aromatic nitrogens is 3. The molecule has 0 aromatic carbocycles. The third-order valence-corrected chi connectivity index (χ3v) is 3.07. The highest BCUT2D eigenvalue weighted by Gasteiger charge is 2.11. The Hall–Kier alpha value is -1.88. The van der Waals surface area contributed by atoms with Crippen molar-refractivity contribution in [3.8, 4) is 11.6 Å². The lowest BCUT2D eigenvalue weighted by Gasteiger charge is -2.12. The van der Waals surface area contributed by atoms with Crippen LogP contribution in [0.2, 0.25) is 0 Å². The first-order valence-electron chi connectivity index (χ1n) is 6.96. The number of hydrogen-bond acceptors (Lipinski definition) is 4. The number of hydrogen-bond donors (Lipinski definition) is 1. The van der Waals surface area contributed by atoms with Crippen LogP contribution in [-0.4, -0.2) is 21.8 Å². The van der Waals surface area contributed by atoms with Crippen LogP contribution in [0.15, 0.2) is 18.5 Å². The molecular weight excluding hydrogens is 252 g/mol. The highest BCUT2D eigenvalue weighted by molar-refractivity contribution is 5.38. The zero-order valence-electron chi connectivity index (χ0n) is 12.6. The Bertz CT molecular complexity index is 577. The van der Waals surface area contributed by atoms with Crippen molar-refractivity contribution in [1.29, 1.82) is 0 Å². The largest absolute Gasteiger partial charge is 0.435 e. The first kappa shape index (κ1) is 14.5. The van der Waals surface area contributed by atoms with Gasteiger partial charge in [0.1, 0.15) is 0 Å². The predicted molar refractivity (Wildman–Crippen MR) is 79.1 cm³/mol. The minimum absolute atomic E-state index is 0.660. The van der Waals surface area contributed by atoms with E-state index >= 15 is 0 Å². The number of ether oxygens (including phenoxy) is 1. The number of nitrogens with zero attached hydrogens (tertiary/aromatic N) is 3. The molecule has 20 heavy (non-hydrogen) atoms. The van der Waals surface area contributed by atoms with Crippen molar-refractivity contribution in [3.63, 3.8) is 0 Å². The van der Waals surface area contributed by atoms with Crippen molar-refractivity contribution in [2.75, 3.05) is 7.05 Å². The minimum atomic E-state index is 0.660. The molecule has 0 bridgehead atoms. The van der Waals surface area contributed by atoms with Gasteiger partial charge in [-0.25, -0.2) is 4.98 Å². The fourth-order valence-corrected chi connectivity index (χ4v) is 2.17. The number of pyridine rings is 1. The van der Waals surface area contributed by atoms with E-state index in [0.717, 1.165) is 36.5 Å². The molecule has 0 saturated carbocycles. The summed E-state index contributed by atoms with van der Waals surface area (Å²) < 4.78 is 7.80. The van der Waals surface area contributed by atoms with E-state index in [1.54, 1.807) is 6.20 Å². The summed E-state index contributed by atoms with van der Waals surface area (Å²) in [5.41, 5.74) is 3.22. The van der Waals surface area contributed by atoms with Crippen LogP contribution >= 0.6 is 0 Å². The molecule has 0 spiro atoms. The van der Waals surface area contributed by atoms with Gasteiger partial charge in [0, 0.05) is 24.3 Å². The molecule has 0 unspecified atom stereocenters. The summed E-state index contributed by atoms with van der Waals surface area (Å²) in [4.78, 5) is 4.50. The van der Waals surface area contributed by atoms with Gasteiger partial charge in [-0.2, -0.15) is 5.10 Å². The molecule has 5 heteroatoms. The molecule has 5 nitrogen and oxygen atoms in total. The van der Waals surface area contributed by atoms with Gasteiger partial charge in [-0.15, -0.1) is 0 Å². The molecule has 0 fully saturated rings. The fraction of sp³-hybridized carbons (Fsp3) is 0.467. The number of aryl methyl sites for hydroxylation is 3. The van der Waals surface area contributed by atoms with Gasteiger partial charge in [0.2, 0.25) is 5.88 Å². The molecule has 2 heterocycles. The van der Waals surface area contributed by atoms with Crippen molar-refractivity contribution < 1.29 is 4.74 Å². The van der Waals surface area contributed by atoms with Crippen molar-refractivity contribution in [3.05, 3.63) is 35.3 Å². The molecule has 0 amide bonds. The predicted octanol–water partition coefficient (Wildman–Crippen LogP) is 2.82. The monoisotopic (exact) mass is 274 g/mol. The topological polar surface area (TPSA) is 52.0 Å². The Kier molecular flexibility index (Phi) is 4.74. The van der Waals surface area contributed by atoms with Crippen LogP contribution in [0.1, 0.15) is 30.2 Å². The maximum atomic E-state index is 5.92. The van der Waals surface area contributed by atoms with Crippen LogP contribution in [0.3, 0.4) is 0 Å². The molecule has 0 aliphatic rings. The molecule has 0 aliphatic heterocycles. The highest BCUT2D eigenvalue weighted by Crippen LogP contribution is 2.26. The molecule has 2 rings (SSSR count). The lowest BCUT2D eigenvalue weighted by atomic mass is 10.1. The fourth-order valence-electron chi connectivity index (χ4n) is 2.17. The molecule has 0 aliphatic carbocycles. The SMILES string of the molecule is CCCn1cc(Oc2nc(C)cc(C)c2CNC)cn1. The van der Waals surface area contributed by atoms with Gasteiger partial charge in [-0.1, -0.05) is 6.92 Å². The maximum absolute atomic E-state index is 5.92. The van der Waals surface area contributed by atoms with E-state index < -0.39 is 0 Å². The van der Waals surface area contributed by atoms with Crippen molar-refractivity contribution in [2.45, 2.75) is 40.3 Å². The standard InChI is InChI=1S/C15H22N4O/c1-5-6-19-10-13(8-17-19)20-15-14(9-16-4)11(2)7-12(3)18-15/h7-8,10,16H,5-6,9H2,1-4H3.